The maximum atomic E-state index is 13.2. The molecule has 0 aromatic heterocycles. The second-order valence-electron chi connectivity index (χ2n) is 13.1. The summed E-state index contributed by atoms with van der Waals surface area (Å²) in [5.41, 5.74) is -0.457. The highest BCUT2D eigenvalue weighted by atomic mass is 19.4. The van der Waals surface area contributed by atoms with Gasteiger partial charge in [0, 0.05) is 0 Å². The highest BCUT2D eigenvalue weighted by Gasteiger charge is 2.60. The van der Waals surface area contributed by atoms with E-state index in [1.807, 2.05) is 6.92 Å². The molecular formula is C28H43F3O2. The number of hydrogen-bond acceptors (Lipinski definition) is 2. The van der Waals surface area contributed by atoms with Crippen LogP contribution >= 0.6 is 0 Å². The summed E-state index contributed by atoms with van der Waals surface area (Å²) in [5, 5.41) is 20.6. The van der Waals surface area contributed by atoms with Gasteiger partial charge in [-0.3, -0.25) is 0 Å². The lowest BCUT2D eigenvalue weighted by Crippen LogP contribution is -2.52. The molecule has 1 unspecified atom stereocenters. The van der Waals surface area contributed by atoms with Gasteiger partial charge in [-0.1, -0.05) is 44.6 Å². The number of aliphatic hydroxyl groups is 2. The van der Waals surface area contributed by atoms with Gasteiger partial charge in [0.1, 0.15) is 0 Å². The fourth-order valence-electron chi connectivity index (χ4n) is 8.55. The molecule has 3 saturated carbocycles. The summed E-state index contributed by atoms with van der Waals surface area (Å²) in [5.74, 6) is 2.01. The first-order valence-corrected chi connectivity index (χ1v) is 12.9. The molecule has 33 heavy (non-hydrogen) atoms. The van der Waals surface area contributed by atoms with Crippen LogP contribution in [0.4, 0.5) is 13.2 Å². The van der Waals surface area contributed by atoms with E-state index in [0.717, 1.165) is 51.9 Å². The first-order valence-electron chi connectivity index (χ1n) is 12.9. The Hall–Kier alpha value is -0.810. The first kappa shape index (κ1) is 25.3. The lowest BCUT2D eigenvalue weighted by molar-refractivity contribution is -0.256. The van der Waals surface area contributed by atoms with Gasteiger partial charge in [-0.15, -0.1) is 0 Å². The van der Waals surface area contributed by atoms with Gasteiger partial charge < -0.3 is 10.2 Å². The summed E-state index contributed by atoms with van der Waals surface area (Å²) in [6, 6.07) is 0. The van der Waals surface area contributed by atoms with Gasteiger partial charge in [-0.2, -0.15) is 13.2 Å². The number of halogens is 3. The van der Waals surface area contributed by atoms with Crippen molar-refractivity contribution in [2.24, 2.45) is 40.4 Å². The van der Waals surface area contributed by atoms with Gasteiger partial charge in [-0.25, -0.2) is 0 Å². The van der Waals surface area contributed by atoms with Crippen molar-refractivity contribution in [3.05, 3.63) is 23.8 Å². The Kier molecular flexibility index (Phi) is 6.01. The molecule has 0 bridgehead atoms. The average Bonchev–Trinajstić information content (AvgIpc) is 3.04. The number of alkyl halides is 3. The molecule has 188 valence electrons. The van der Waals surface area contributed by atoms with Crippen molar-refractivity contribution in [1.82, 2.24) is 0 Å². The summed E-state index contributed by atoms with van der Waals surface area (Å²) in [6.07, 6.45) is 4.82. The second kappa shape index (κ2) is 7.85. The molecule has 0 amide bonds. The minimum absolute atomic E-state index is 0.107. The smallest absolute Gasteiger partial charge is 0.390 e. The Morgan fingerprint density at radius 2 is 1.76 bits per heavy atom. The third-order valence-electron chi connectivity index (χ3n) is 10.8. The molecule has 4 aliphatic rings. The Morgan fingerprint density at radius 3 is 2.39 bits per heavy atom. The number of hydrogen-bond donors (Lipinski definition) is 2. The van der Waals surface area contributed by atoms with Crippen LogP contribution in [0.25, 0.3) is 0 Å². The molecular weight excluding hydrogens is 425 g/mol. The van der Waals surface area contributed by atoms with Crippen molar-refractivity contribution in [3.8, 4) is 0 Å². The maximum absolute atomic E-state index is 13.2. The van der Waals surface area contributed by atoms with E-state index in [1.54, 1.807) is 0 Å². The van der Waals surface area contributed by atoms with E-state index in [1.165, 1.54) is 11.1 Å². The molecule has 0 heterocycles. The van der Waals surface area contributed by atoms with Gasteiger partial charge in [-0.05, 0) is 112 Å². The number of allylic oxidation sites excluding steroid dienone is 2. The van der Waals surface area contributed by atoms with E-state index in [-0.39, 0.29) is 23.2 Å². The third kappa shape index (κ3) is 4.03. The van der Waals surface area contributed by atoms with Crippen LogP contribution in [-0.4, -0.2) is 27.6 Å². The van der Waals surface area contributed by atoms with Crippen molar-refractivity contribution >= 4 is 0 Å². The zero-order valence-electron chi connectivity index (χ0n) is 21.1. The van der Waals surface area contributed by atoms with E-state index in [2.05, 4.69) is 33.4 Å². The minimum Gasteiger partial charge on any atom is -0.390 e. The summed E-state index contributed by atoms with van der Waals surface area (Å²) in [4.78, 5) is 0. The standard InChI is InChI=1S/C28H43F3O2/c1-17(9-12-27(6,33)28(29,30)31)20-7-8-21-23-18(2)15-19-16-24(3,32)13-14-25(19,4)22(23)10-11-26(20,21)5/h15,17,20-23,32-33H,2,7-14,16H2,1,3-6H3/t17-,20-,21+,22+,23+,24+,25+,26-,27?/m1/s1. The van der Waals surface area contributed by atoms with Crippen molar-refractivity contribution in [1.29, 1.82) is 0 Å². The Bertz CT molecular complexity index is 825. The van der Waals surface area contributed by atoms with Gasteiger partial charge in [0.25, 0.3) is 0 Å². The second-order valence-corrected chi connectivity index (χ2v) is 13.1. The van der Waals surface area contributed by atoms with Crippen molar-refractivity contribution < 1.29 is 23.4 Å². The van der Waals surface area contributed by atoms with E-state index in [4.69, 9.17) is 0 Å². The molecule has 9 atom stereocenters. The van der Waals surface area contributed by atoms with Crippen LogP contribution in [0.1, 0.15) is 92.4 Å². The summed E-state index contributed by atoms with van der Waals surface area (Å²) in [7, 11) is 0. The Morgan fingerprint density at radius 1 is 1.09 bits per heavy atom. The van der Waals surface area contributed by atoms with Crippen molar-refractivity contribution in [2.75, 3.05) is 0 Å². The predicted molar refractivity (Wildman–Crippen MR) is 125 cm³/mol. The van der Waals surface area contributed by atoms with Gasteiger partial charge >= 0.3 is 6.18 Å². The average molecular weight is 469 g/mol. The SMILES string of the molecule is C=C1C=C2C[C@@](C)(O)CC[C@]2(C)[C@H]2CC[C@]3(C)[C@@H]([C@H](C)CCC(C)(O)C(F)(F)F)CC[C@H]3[C@H]12. The zero-order valence-corrected chi connectivity index (χ0v) is 21.1. The van der Waals surface area contributed by atoms with Crippen LogP contribution in [0.3, 0.4) is 0 Å². The summed E-state index contributed by atoms with van der Waals surface area (Å²) in [6.45, 7) is 14.2. The van der Waals surface area contributed by atoms with Crippen LogP contribution in [-0.2, 0) is 0 Å². The van der Waals surface area contributed by atoms with Crippen molar-refractivity contribution in [3.63, 3.8) is 0 Å². The van der Waals surface area contributed by atoms with Gasteiger partial charge in [0.2, 0.25) is 0 Å². The molecule has 0 radical (unpaired) electrons. The molecule has 3 fully saturated rings. The summed E-state index contributed by atoms with van der Waals surface area (Å²) < 4.78 is 39.5. The molecule has 0 aliphatic heterocycles. The fourth-order valence-corrected chi connectivity index (χ4v) is 8.55. The highest BCUT2D eigenvalue weighted by Crippen LogP contribution is 2.68. The molecule has 0 aromatic rings. The van der Waals surface area contributed by atoms with Gasteiger partial charge in [0.05, 0.1) is 5.60 Å². The Balaban J connectivity index is 1.54. The largest absolute Gasteiger partial charge is 0.416 e. The van der Waals surface area contributed by atoms with Crippen LogP contribution < -0.4 is 0 Å². The minimum atomic E-state index is -4.59. The monoisotopic (exact) mass is 468 g/mol. The lowest BCUT2D eigenvalue weighted by atomic mass is 9.45. The fraction of sp³-hybridized carbons (Fsp3) is 0.857. The quantitative estimate of drug-likeness (QED) is 0.457. The summed E-state index contributed by atoms with van der Waals surface area (Å²) >= 11 is 0. The molecule has 2 N–H and O–H groups in total. The first-order chi connectivity index (χ1) is 15.0. The number of fused-ring (bicyclic) bond motifs is 5. The van der Waals surface area contributed by atoms with E-state index in [0.29, 0.717) is 30.1 Å². The van der Waals surface area contributed by atoms with Crippen LogP contribution in [0.2, 0.25) is 0 Å². The maximum Gasteiger partial charge on any atom is 0.416 e. The molecule has 0 spiro atoms. The molecule has 4 aliphatic carbocycles. The van der Waals surface area contributed by atoms with Crippen molar-refractivity contribution in [2.45, 2.75) is 110 Å². The normalized spacial score (nSPS) is 46.0. The molecule has 2 nitrogen and oxygen atoms in total. The number of rotatable bonds is 4. The highest BCUT2D eigenvalue weighted by molar-refractivity contribution is 5.38. The van der Waals surface area contributed by atoms with Crippen LogP contribution in [0.15, 0.2) is 23.8 Å². The van der Waals surface area contributed by atoms with Gasteiger partial charge in [0.15, 0.2) is 5.60 Å². The molecule has 0 saturated heterocycles. The van der Waals surface area contributed by atoms with Crippen LogP contribution in [0.5, 0.6) is 0 Å². The van der Waals surface area contributed by atoms with E-state index in [9.17, 15) is 23.4 Å². The van der Waals surface area contributed by atoms with Crippen LogP contribution in [0, 0.1) is 40.4 Å². The molecule has 0 aromatic carbocycles. The Labute approximate surface area is 197 Å². The topological polar surface area (TPSA) is 40.5 Å². The van der Waals surface area contributed by atoms with E-state index < -0.39 is 17.4 Å². The van der Waals surface area contributed by atoms with E-state index >= 15 is 0 Å². The lowest BCUT2D eigenvalue weighted by Gasteiger charge is -2.59. The predicted octanol–water partition coefficient (Wildman–Crippen LogP) is 7.21. The third-order valence-corrected chi connectivity index (χ3v) is 10.8. The molecule has 5 heteroatoms. The zero-order chi connectivity index (χ0) is 24.6. The molecule has 4 rings (SSSR count).